The van der Waals surface area contributed by atoms with Gasteiger partial charge in [0.25, 0.3) is 0 Å². The van der Waals surface area contributed by atoms with E-state index in [0.29, 0.717) is 28.6 Å². The van der Waals surface area contributed by atoms with Crippen LogP contribution in [0.15, 0.2) is 35.1 Å². The van der Waals surface area contributed by atoms with Gasteiger partial charge >= 0.3 is 0 Å². The highest BCUT2D eigenvalue weighted by molar-refractivity contribution is 9.10. The summed E-state index contributed by atoms with van der Waals surface area (Å²) in [6.45, 7) is 2.12. The van der Waals surface area contributed by atoms with Crippen molar-refractivity contribution in [3.05, 3.63) is 52.0 Å². The van der Waals surface area contributed by atoms with Crippen LogP contribution < -0.4 is 0 Å². The number of carbonyl (C=O) groups excluding carboxylic acids is 1. The lowest BCUT2D eigenvalue weighted by Gasteiger charge is -2.03. The third-order valence-electron chi connectivity index (χ3n) is 2.62. The molecule has 0 amide bonds. The first-order valence-corrected chi connectivity index (χ1v) is 6.39. The van der Waals surface area contributed by atoms with Gasteiger partial charge in [0.15, 0.2) is 5.78 Å². The van der Waals surface area contributed by atoms with Crippen LogP contribution in [0.1, 0.15) is 29.3 Å². The molecule has 0 atom stereocenters. The smallest absolute Gasteiger partial charge is 0.165 e. The number of halogens is 2. The van der Waals surface area contributed by atoms with Crippen molar-refractivity contribution in [3.8, 4) is 0 Å². The van der Waals surface area contributed by atoms with E-state index < -0.39 is 0 Å². The summed E-state index contributed by atoms with van der Waals surface area (Å²) in [7, 11) is 0. The molecule has 1 aromatic carbocycles. The van der Waals surface area contributed by atoms with Gasteiger partial charge in [-0.25, -0.2) is 4.39 Å². The van der Waals surface area contributed by atoms with E-state index in [9.17, 15) is 9.18 Å². The molecule has 18 heavy (non-hydrogen) atoms. The molecule has 0 saturated heterocycles. The number of hydrogen-bond acceptors (Lipinski definition) is 2. The van der Waals surface area contributed by atoms with Crippen LogP contribution in [0.25, 0.3) is 0 Å². The van der Waals surface area contributed by atoms with Gasteiger partial charge < -0.3 is 0 Å². The van der Waals surface area contributed by atoms with Crippen molar-refractivity contribution in [1.29, 1.82) is 0 Å². The van der Waals surface area contributed by atoms with Crippen molar-refractivity contribution >= 4 is 21.7 Å². The van der Waals surface area contributed by atoms with Crippen molar-refractivity contribution in [3.63, 3.8) is 0 Å². The summed E-state index contributed by atoms with van der Waals surface area (Å²) >= 11 is 3.21. The Morgan fingerprint density at radius 3 is 2.94 bits per heavy atom. The van der Waals surface area contributed by atoms with Gasteiger partial charge in [-0.15, -0.1) is 0 Å². The SMILES string of the molecule is CCC(=O)c1cnn(Cc2ccc(Br)cc2F)c1. The topological polar surface area (TPSA) is 34.9 Å². The number of rotatable bonds is 4. The summed E-state index contributed by atoms with van der Waals surface area (Å²) in [5.41, 5.74) is 1.10. The predicted octanol–water partition coefficient (Wildman–Crippen LogP) is 3.43. The molecular formula is C13H12BrFN2O. The molecule has 94 valence electrons. The molecule has 0 aliphatic heterocycles. The largest absolute Gasteiger partial charge is 0.294 e. The Morgan fingerprint density at radius 2 is 2.28 bits per heavy atom. The van der Waals surface area contributed by atoms with Crippen LogP contribution in [0.5, 0.6) is 0 Å². The molecule has 0 unspecified atom stereocenters. The molecule has 0 fully saturated rings. The maximum absolute atomic E-state index is 13.6. The molecule has 0 N–H and O–H groups in total. The van der Waals surface area contributed by atoms with Gasteiger partial charge in [0, 0.05) is 22.7 Å². The summed E-state index contributed by atoms with van der Waals surface area (Å²) in [6.07, 6.45) is 3.61. The van der Waals surface area contributed by atoms with Crippen molar-refractivity contribution < 1.29 is 9.18 Å². The number of benzene rings is 1. The number of aromatic nitrogens is 2. The van der Waals surface area contributed by atoms with Crippen LogP contribution in [0.2, 0.25) is 0 Å². The highest BCUT2D eigenvalue weighted by Crippen LogP contribution is 2.16. The van der Waals surface area contributed by atoms with Gasteiger partial charge in [-0.1, -0.05) is 28.9 Å². The predicted molar refractivity (Wildman–Crippen MR) is 70.1 cm³/mol. The molecule has 1 aromatic heterocycles. The van der Waals surface area contributed by atoms with Gasteiger partial charge in [-0.3, -0.25) is 9.48 Å². The fourth-order valence-corrected chi connectivity index (χ4v) is 1.96. The number of nitrogens with zero attached hydrogens (tertiary/aromatic N) is 2. The van der Waals surface area contributed by atoms with Gasteiger partial charge in [0.05, 0.1) is 18.3 Å². The molecule has 3 nitrogen and oxygen atoms in total. The van der Waals surface area contributed by atoms with Crippen LogP contribution in [-0.2, 0) is 6.54 Å². The van der Waals surface area contributed by atoms with Crippen LogP contribution in [0.4, 0.5) is 4.39 Å². The van der Waals surface area contributed by atoms with E-state index in [1.165, 1.54) is 12.3 Å². The molecule has 0 radical (unpaired) electrons. The van der Waals surface area contributed by atoms with Crippen molar-refractivity contribution in [2.45, 2.75) is 19.9 Å². The highest BCUT2D eigenvalue weighted by Gasteiger charge is 2.08. The summed E-state index contributed by atoms with van der Waals surface area (Å²) in [4.78, 5) is 11.5. The zero-order valence-corrected chi connectivity index (χ0v) is 11.4. The standard InChI is InChI=1S/C13H12BrFN2O/c1-2-13(18)10-6-16-17(8-10)7-9-3-4-11(14)5-12(9)15/h3-6,8H,2,7H2,1H3. The van der Waals surface area contributed by atoms with Gasteiger partial charge in [0.2, 0.25) is 0 Å². The molecule has 0 saturated carbocycles. The van der Waals surface area contributed by atoms with Gasteiger partial charge in [0.1, 0.15) is 5.82 Å². The molecule has 2 aromatic rings. The number of Topliss-reactive ketones (excluding diaryl/α,β-unsaturated/α-hetero) is 1. The molecule has 0 aliphatic carbocycles. The summed E-state index contributed by atoms with van der Waals surface area (Å²) in [6, 6.07) is 4.89. The number of carbonyl (C=O) groups is 1. The zero-order chi connectivity index (χ0) is 13.1. The molecule has 1 heterocycles. The molecule has 2 rings (SSSR count). The number of ketones is 1. The Labute approximate surface area is 113 Å². The second-order valence-electron chi connectivity index (χ2n) is 3.94. The van der Waals surface area contributed by atoms with Crippen LogP contribution in [0, 0.1) is 5.82 Å². The van der Waals surface area contributed by atoms with E-state index in [4.69, 9.17) is 0 Å². The monoisotopic (exact) mass is 310 g/mol. The Balaban J connectivity index is 2.18. The first-order chi connectivity index (χ1) is 8.60. The maximum Gasteiger partial charge on any atom is 0.165 e. The van der Waals surface area contributed by atoms with Crippen molar-refractivity contribution in [1.82, 2.24) is 9.78 Å². The van der Waals surface area contributed by atoms with Crippen LogP contribution >= 0.6 is 15.9 Å². The lowest BCUT2D eigenvalue weighted by Crippen LogP contribution is -2.02. The summed E-state index contributed by atoms with van der Waals surface area (Å²) in [5.74, 6) is -0.249. The van der Waals surface area contributed by atoms with Crippen LogP contribution in [0.3, 0.4) is 0 Å². The maximum atomic E-state index is 13.6. The summed E-state index contributed by atoms with van der Waals surface area (Å²) in [5, 5.41) is 4.06. The fraction of sp³-hybridized carbons (Fsp3) is 0.231. The molecular weight excluding hydrogens is 299 g/mol. The Kier molecular flexibility index (Phi) is 3.91. The average molecular weight is 311 g/mol. The summed E-state index contributed by atoms with van der Waals surface area (Å²) < 4.78 is 15.9. The third-order valence-corrected chi connectivity index (χ3v) is 3.12. The van der Waals surface area contributed by atoms with Crippen LogP contribution in [-0.4, -0.2) is 15.6 Å². The van der Waals surface area contributed by atoms with Gasteiger partial charge in [-0.2, -0.15) is 5.10 Å². The minimum atomic E-state index is -0.289. The lowest BCUT2D eigenvalue weighted by atomic mass is 10.2. The van der Waals surface area contributed by atoms with E-state index >= 15 is 0 Å². The van der Waals surface area contributed by atoms with Crippen molar-refractivity contribution in [2.24, 2.45) is 0 Å². The third kappa shape index (κ3) is 2.85. The second kappa shape index (κ2) is 5.44. The Bertz CT molecular complexity index is 580. The van der Waals surface area contributed by atoms with E-state index in [1.807, 2.05) is 0 Å². The molecule has 5 heteroatoms. The van der Waals surface area contributed by atoms with Crippen molar-refractivity contribution in [2.75, 3.05) is 0 Å². The minimum absolute atomic E-state index is 0.0394. The first-order valence-electron chi connectivity index (χ1n) is 5.59. The van der Waals surface area contributed by atoms with E-state index in [0.717, 1.165) is 0 Å². The average Bonchev–Trinajstić information content (AvgIpc) is 2.80. The highest BCUT2D eigenvalue weighted by atomic mass is 79.9. The Hall–Kier alpha value is -1.49. The second-order valence-corrected chi connectivity index (χ2v) is 4.85. The Morgan fingerprint density at radius 1 is 1.50 bits per heavy atom. The molecule has 0 spiro atoms. The zero-order valence-electron chi connectivity index (χ0n) is 9.86. The van der Waals surface area contributed by atoms with E-state index in [-0.39, 0.29) is 11.6 Å². The normalized spacial score (nSPS) is 10.6. The van der Waals surface area contributed by atoms with Gasteiger partial charge in [-0.05, 0) is 12.1 Å². The molecule has 0 bridgehead atoms. The minimum Gasteiger partial charge on any atom is -0.294 e. The lowest BCUT2D eigenvalue weighted by molar-refractivity contribution is 0.0988. The van der Waals surface area contributed by atoms with E-state index in [1.54, 1.807) is 29.9 Å². The fourth-order valence-electron chi connectivity index (χ4n) is 1.62. The van der Waals surface area contributed by atoms with E-state index in [2.05, 4.69) is 21.0 Å². The first kappa shape index (κ1) is 13.0. The number of hydrogen-bond donors (Lipinski definition) is 0. The quantitative estimate of drug-likeness (QED) is 0.811. The molecule has 0 aliphatic rings.